The van der Waals surface area contributed by atoms with E-state index in [9.17, 15) is 9.59 Å². The zero-order valence-electron chi connectivity index (χ0n) is 17.6. The van der Waals surface area contributed by atoms with E-state index in [-0.39, 0.29) is 23.8 Å². The second-order valence-corrected chi connectivity index (χ2v) is 9.00. The molecule has 0 aromatic heterocycles. The first-order valence-electron chi connectivity index (χ1n) is 11.1. The van der Waals surface area contributed by atoms with Crippen molar-refractivity contribution in [3.8, 4) is 0 Å². The molecule has 0 unspecified atom stereocenters. The number of nitrogens with zero attached hydrogens (tertiary/aromatic N) is 3. The fourth-order valence-corrected chi connectivity index (χ4v) is 5.26. The Hall–Kier alpha value is -1.92. The van der Waals surface area contributed by atoms with E-state index >= 15 is 0 Å². The van der Waals surface area contributed by atoms with Crippen LogP contribution in [0.2, 0.25) is 0 Å². The van der Waals surface area contributed by atoms with Crippen LogP contribution in [0.4, 0.5) is 0 Å². The van der Waals surface area contributed by atoms with Crippen molar-refractivity contribution in [2.75, 3.05) is 39.3 Å². The van der Waals surface area contributed by atoms with Gasteiger partial charge >= 0.3 is 0 Å². The van der Waals surface area contributed by atoms with Gasteiger partial charge in [-0.3, -0.25) is 14.5 Å². The topological polar surface area (TPSA) is 69.9 Å². The zero-order chi connectivity index (χ0) is 20.4. The third-order valence-electron chi connectivity index (χ3n) is 6.96. The average Bonchev–Trinajstić information content (AvgIpc) is 2.86. The molecule has 2 amide bonds. The van der Waals surface area contributed by atoms with E-state index in [2.05, 4.69) is 29.2 Å². The minimum atomic E-state index is -0.116. The van der Waals surface area contributed by atoms with E-state index in [1.54, 1.807) is 11.8 Å². The second kappa shape index (κ2) is 8.84. The lowest BCUT2D eigenvalue weighted by atomic mass is 10.0. The molecule has 3 aliphatic rings. The van der Waals surface area contributed by atoms with E-state index < -0.39 is 0 Å². The van der Waals surface area contributed by atoms with Crippen molar-refractivity contribution in [3.05, 3.63) is 35.4 Å². The number of fused-ring (bicyclic) bond motifs is 1. The molecule has 6 heteroatoms. The smallest absolute Gasteiger partial charge is 0.227 e. The Bertz CT molecular complexity index is 727. The van der Waals surface area contributed by atoms with Crippen LogP contribution in [0.5, 0.6) is 0 Å². The lowest BCUT2D eigenvalue weighted by molar-refractivity contribution is -0.137. The molecule has 0 bridgehead atoms. The molecule has 2 aliphatic heterocycles. The van der Waals surface area contributed by atoms with Crippen LogP contribution in [0.15, 0.2) is 24.3 Å². The molecule has 1 aromatic carbocycles. The van der Waals surface area contributed by atoms with Crippen LogP contribution < -0.4 is 5.73 Å². The van der Waals surface area contributed by atoms with E-state index in [0.717, 1.165) is 58.3 Å². The summed E-state index contributed by atoms with van der Waals surface area (Å²) in [5, 5.41) is 0. The quantitative estimate of drug-likeness (QED) is 0.815. The van der Waals surface area contributed by atoms with E-state index in [4.69, 9.17) is 5.73 Å². The molecule has 4 rings (SSSR count). The number of hydrogen-bond acceptors (Lipinski definition) is 4. The summed E-state index contributed by atoms with van der Waals surface area (Å²) in [6.45, 7) is 6.24. The van der Waals surface area contributed by atoms with Crippen molar-refractivity contribution in [1.29, 1.82) is 0 Å². The molecular formula is C23H34N4O2. The molecule has 1 aromatic rings. The van der Waals surface area contributed by atoms with Gasteiger partial charge in [-0.15, -0.1) is 0 Å². The van der Waals surface area contributed by atoms with Gasteiger partial charge in [-0.2, -0.15) is 0 Å². The Morgan fingerprint density at radius 3 is 2.34 bits per heavy atom. The van der Waals surface area contributed by atoms with Crippen molar-refractivity contribution in [2.24, 2.45) is 11.7 Å². The van der Waals surface area contributed by atoms with Gasteiger partial charge in [-0.25, -0.2) is 0 Å². The Morgan fingerprint density at radius 1 is 0.931 bits per heavy atom. The highest BCUT2D eigenvalue weighted by atomic mass is 16.2. The molecule has 2 saturated heterocycles. The zero-order valence-corrected chi connectivity index (χ0v) is 17.6. The Balaban J connectivity index is 1.36. The van der Waals surface area contributed by atoms with Crippen LogP contribution in [0.25, 0.3) is 0 Å². The largest absolute Gasteiger partial charge is 0.341 e. The maximum Gasteiger partial charge on any atom is 0.227 e. The minimum absolute atomic E-state index is 0.0167. The predicted molar refractivity (Wildman–Crippen MR) is 113 cm³/mol. The average molecular weight is 399 g/mol. The molecule has 2 atom stereocenters. The third kappa shape index (κ3) is 4.64. The van der Waals surface area contributed by atoms with E-state index in [1.165, 1.54) is 11.1 Å². The number of nitrogens with two attached hydrogens (primary N) is 1. The number of amides is 2. The van der Waals surface area contributed by atoms with Crippen LogP contribution in [0, 0.1) is 5.92 Å². The lowest BCUT2D eigenvalue weighted by Crippen LogP contribution is -2.45. The van der Waals surface area contributed by atoms with Crippen molar-refractivity contribution in [1.82, 2.24) is 14.7 Å². The van der Waals surface area contributed by atoms with Gasteiger partial charge in [-0.05, 0) is 43.2 Å². The Labute approximate surface area is 174 Å². The lowest BCUT2D eigenvalue weighted by Gasteiger charge is -2.29. The second-order valence-electron chi connectivity index (χ2n) is 9.00. The van der Waals surface area contributed by atoms with E-state index in [0.29, 0.717) is 19.1 Å². The summed E-state index contributed by atoms with van der Waals surface area (Å²) in [5.41, 5.74) is 9.09. The predicted octanol–water partition coefficient (Wildman–Crippen LogP) is 1.27. The van der Waals surface area contributed by atoms with Crippen LogP contribution in [0.1, 0.15) is 37.3 Å². The highest BCUT2D eigenvalue weighted by molar-refractivity contribution is 5.80. The molecule has 2 N–H and O–H groups in total. The van der Waals surface area contributed by atoms with Gasteiger partial charge in [0.05, 0.1) is 5.92 Å². The first kappa shape index (κ1) is 20.4. The number of carbonyl (C=O) groups is 2. The third-order valence-corrected chi connectivity index (χ3v) is 6.96. The minimum Gasteiger partial charge on any atom is -0.341 e. The molecule has 0 saturated carbocycles. The summed E-state index contributed by atoms with van der Waals surface area (Å²) < 4.78 is 0. The Kier molecular flexibility index (Phi) is 6.20. The molecule has 158 valence electrons. The van der Waals surface area contributed by atoms with Crippen molar-refractivity contribution in [3.63, 3.8) is 0 Å². The number of benzene rings is 1. The van der Waals surface area contributed by atoms with Crippen molar-refractivity contribution >= 4 is 11.8 Å². The van der Waals surface area contributed by atoms with Gasteiger partial charge in [0.2, 0.25) is 11.8 Å². The monoisotopic (exact) mass is 398 g/mol. The normalized spacial score (nSPS) is 26.7. The number of likely N-dealkylation sites (tertiary alicyclic amines) is 1. The number of rotatable bonds is 2. The summed E-state index contributed by atoms with van der Waals surface area (Å²) in [6, 6.07) is 9.30. The van der Waals surface area contributed by atoms with Gasteiger partial charge in [0.25, 0.3) is 0 Å². The summed E-state index contributed by atoms with van der Waals surface area (Å²) in [6.07, 6.45) is 4.85. The number of carbonyl (C=O) groups excluding carboxylic acids is 2. The van der Waals surface area contributed by atoms with Gasteiger partial charge in [0, 0.05) is 58.3 Å². The van der Waals surface area contributed by atoms with Crippen LogP contribution in [-0.2, 0) is 22.4 Å². The van der Waals surface area contributed by atoms with Crippen LogP contribution in [-0.4, -0.2) is 77.9 Å². The highest BCUT2D eigenvalue weighted by Crippen LogP contribution is 2.26. The van der Waals surface area contributed by atoms with E-state index in [1.807, 2.05) is 4.90 Å². The fourth-order valence-electron chi connectivity index (χ4n) is 5.26. The van der Waals surface area contributed by atoms with Crippen LogP contribution >= 0.6 is 0 Å². The number of hydrogen-bond donors (Lipinski definition) is 1. The molecule has 2 heterocycles. The highest BCUT2D eigenvalue weighted by Gasteiger charge is 2.33. The van der Waals surface area contributed by atoms with Crippen LogP contribution in [0.3, 0.4) is 0 Å². The Morgan fingerprint density at radius 2 is 1.66 bits per heavy atom. The fraction of sp³-hybridized carbons (Fsp3) is 0.652. The van der Waals surface area contributed by atoms with Gasteiger partial charge in [0.1, 0.15) is 0 Å². The molecular weight excluding hydrogens is 364 g/mol. The molecule has 1 aliphatic carbocycles. The van der Waals surface area contributed by atoms with Gasteiger partial charge in [-0.1, -0.05) is 24.3 Å². The maximum absolute atomic E-state index is 13.3. The molecule has 0 radical (unpaired) electrons. The first-order valence-corrected chi connectivity index (χ1v) is 11.1. The SMILES string of the molecule is CC(=O)N1C[C@@H](N)CC[C@@H](C(=O)N2CCCN(C3Cc4ccccc4C3)CC2)C1. The standard InChI is InChI=1S/C23H34N4O2/c1-17(28)27-15-20(7-8-21(24)16-27)23(29)26-10-4-9-25(11-12-26)22-13-18-5-2-3-6-19(18)14-22/h2-3,5-6,20-22H,4,7-16,24H2,1H3/t20-,21+/m1/s1. The summed E-state index contributed by atoms with van der Waals surface area (Å²) in [5.74, 6) is 0.111. The van der Waals surface area contributed by atoms with Gasteiger partial charge in [0.15, 0.2) is 0 Å². The van der Waals surface area contributed by atoms with Crippen molar-refractivity contribution in [2.45, 2.75) is 51.1 Å². The molecule has 0 spiro atoms. The molecule has 2 fully saturated rings. The summed E-state index contributed by atoms with van der Waals surface area (Å²) >= 11 is 0. The van der Waals surface area contributed by atoms with Gasteiger partial charge < -0.3 is 15.5 Å². The molecule has 6 nitrogen and oxygen atoms in total. The first-order chi connectivity index (χ1) is 14.0. The summed E-state index contributed by atoms with van der Waals surface area (Å²) in [7, 11) is 0. The molecule has 29 heavy (non-hydrogen) atoms. The summed E-state index contributed by atoms with van der Waals surface area (Å²) in [4.78, 5) is 31.6. The van der Waals surface area contributed by atoms with Crippen molar-refractivity contribution < 1.29 is 9.59 Å². The maximum atomic E-state index is 13.3.